The second-order valence-electron chi connectivity index (χ2n) is 5.33. The summed E-state index contributed by atoms with van der Waals surface area (Å²) in [5.41, 5.74) is 4.22. The van der Waals surface area contributed by atoms with Crippen molar-refractivity contribution in [1.82, 2.24) is 9.78 Å². The highest BCUT2D eigenvalue weighted by molar-refractivity contribution is 5.28. The van der Waals surface area contributed by atoms with Gasteiger partial charge in [0.25, 0.3) is 0 Å². The summed E-state index contributed by atoms with van der Waals surface area (Å²) in [5, 5.41) is 14.6. The van der Waals surface area contributed by atoms with E-state index in [0.717, 1.165) is 35.7 Å². The van der Waals surface area contributed by atoms with Gasteiger partial charge >= 0.3 is 0 Å². The largest absolute Gasteiger partial charge is 0.497 e. The first-order valence-corrected chi connectivity index (χ1v) is 7.41. The van der Waals surface area contributed by atoms with Crippen molar-refractivity contribution in [2.45, 2.75) is 46.3 Å². The van der Waals surface area contributed by atoms with Crippen molar-refractivity contribution in [3.8, 4) is 5.75 Å². The Morgan fingerprint density at radius 2 is 1.90 bits per heavy atom. The lowest BCUT2D eigenvalue weighted by Gasteiger charge is -2.09. The number of rotatable bonds is 6. The lowest BCUT2D eigenvalue weighted by molar-refractivity contribution is 0.172. The van der Waals surface area contributed by atoms with E-state index in [1.807, 2.05) is 37.6 Å². The predicted molar refractivity (Wildman–Crippen MR) is 83.6 cm³/mol. The number of benzene rings is 1. The van der Waals surface area contributed by atoms with Gasteiger partial charge in [-0.3, -0.25) is 4.68 Å². The van der Waals surface area contributed by atoms with Crippen LogP contribution in [0.4, 0.5) is 0 Å². The first-order chi connectivity index (χ1) is 10.1. The van der Waals surface area contributed by atoms with Gasteiger partial charge in [-0.2, -0.15) is 5.10 Å². The third-order valence-electron chi connectivity index (χ3n) is 3.93. The molecule has 4 heteroatoms. The molecule has 4 nitrogen and oxygen atoms in total. The summed E-state index contributed by atoms with van der Waals surface area (Å²) >= 11 is 0. The number of nitrogens with zero attached hydrogens (tertiary/aromatic N) is 2. The second-order valence-corrected chi connectivity index (χ2v) is 5.33. The molecule has 0 aliphatic carbocycles. The molecule has 2 aromatic rings. The van der Waals surface area contributed by atoms with Crippen LogP contribution in [-0.4, -0.2) is 22.0 Å². The zero-order valence-corrected chi connectivity index (χ0v) is 13.3. The van der Waals surface area contributed by atoms with Crippen molar-refractivity contribution in [2.24, 2.45) is 0 Å². The van der Waals surface area contributed by atoms with Crippen LogP contribution in [0.25, 0.3) is 0 Å². The topological polar surface area (TPSA) is 47.3 Å². The molecule has 0 spiro atoms. The molecule has 114 valence electrons. The first-order valence-electron chi connectivity index (χ1n) is 7.41. The van der Waals surface area contributed by atoms with Gasteiger partial charge in [-0.05, 0) is 44.4 Å². The molecule has 1 unspecified atom stereocenters. The van der Waals surface area contributed by atoms with Crippen LogP contribution in [0.15, 0.2) is 24.3 Å². The molecule has 21 heavy (non-hydrogen) atoms. The molecular formula is C17H24N2O2. The molecule has 0 bridgehead atoms. The number of ether oxygens (including phenoxy) is 1. The quantitative estimate of drug-likeness (QED) is 0.888. The molecule has 0 aliphatic rings. The van der Waals surface area contributed by atoms with Crippen molar-refractivity contribution in [3.63, 3.8) is 0 Å². The zero-order valence-electron chi connectivity index (χ0n) is 13.3. The predicted octanol–water partition coefficient (Wildman–Crippen LogP) is 3.19. The number of hydrogen-bond acceptors (Lipinski definition) is 3. The Hall–Kier alpha value is -1.81. The third kappa shape index (κ3) is 3.45. The molecule has 0 aliphatic heterocycles. The Balaban J connectivity index is 2.09. The standard InChI is InChI=1S/C17H24N2O2/c1-5-16(20)17-12(2)18-19(13(17)3)11-10-14-6-8-15(21-4)9-7-14/h6-9,16,20H,5,10-11H2,1-4H3. The molecule has 1 aromatic heterocycles. The van der Waals surface area contributed by atoms with E-state index in [2.05, 4.69) is 17.2 Å². The maximum atomic E-state index is 10.1. The summed E-state index contributed by atoms with van der Waals surface area (Å²) in [6.07, 6.45) is 1.21. The average Bonchev–Trinajstić information content (AvgIpc) is 2.79. The van der Waals surface area contributed by atoms with Crippen LogP contribution in [0, 0.1) is 13.8 Å². The van der Waals surface area contributed by atoms with Crippen LogP contribution in [0.2, 0.25) is 0 Å². The summed E-state index contributed by atoms with van der Waals surface area (Å²) in [6.45, 7) is 6.79. The van der Waals surface area contributed by atoms with Gasteiger partial charge in [-0.15, -0.1) is 0 Å². The van der Waals surface area contributed by atoms with Crippen LogP contribution in [0.3, 0.4) is 0 Å². The van der Waals surface area contributed by atoms with Crippen LogP contribution in [-0.2, 0) is 13.0 Å². The van der Waals surface area contributed by atoms with Gasteiger partial charge < -0.3 is 9.84 Å². The molecule has 1 aromatic carbocycles. The molecular weight excluding hydrogens is 264 g/mol. The van der Waals surface area contributed by atoms with Crippen LogP contribution in [0.1, 0.15) is 42.0 Å². The van der Waals surface area contributed by atoms with E-state index in [1.54, 1.807) is 7.11 Å². The van der Waals surface area contributed by atoms with E-state index in [1.165, 1.54) is 5.56 Å². The van der Waals surface area contributed by atoms with Crippen molar-refractivity contribution in [3.05, 3.63) is 46.8 Å². The minimum absolute atomic E-state index is 0.417. The first kappa shape index (κ1) is 15.6. The lowest BCUT2D eigenvalue weighted by Crippen LogP contribution is -2.06. The summed E-state index contributed by atoms with van der Waals surface area (Å²) in [7, 11) is 1.67. The Kier molecular flexibility index (Phi) is 5.02. The minimum Gasteiger partial charge on any atom is -0.497 e. The van der Waals surface area contributed by atoms with E-state index in [-0.39, 0.29) is 0 Å². The van der Waals surface area contributed by atoms with Crippen LogP contribution >= 0.6 is 0 Å². The fourth-order valence-electron chi connectivity index (χ4n) is 2.64. The van der Waals surface area contributed by atoms with Crippen LogP contribution < -0.4 is 4.74 Å². The average molecular weight is 288 g/mol. The molecule has 2 rings (SSSR count). The number of aromatic nitrogens is 2. The monoisotopic (exact) mass is 288 g/mol. The van der Waals surface area contributed by atoms with Gasteiger partial charge in [0, 0.05) is 17.8 Å². The molecule has 0 saturated heterocycles. The summed E-state index contributed by atoms with van der Waals surface area (Å²) < 4.78 is 7.16. The highest BCUT2D eigenvalue weighted by atomic mass is 16.5. The van der Waals surface area contributed by atoms with E-state index in [9.17, 15) is 5.11 Å². The molecule has 0 saturated carbocycles. The Morgan fingerprint density at radius 3 is 2.48 bits per heavy atom. The molecule has 0 amide bonds. The molecule has 1 atom stereocenters. The van der Waals surface area contributed by atoms with E-state index < -0.39 is 6.10 Å². The van der Waals surface area contributed by atoms with Crippen LogP contribution in [0.5, 0.6) is 5.75 Å². The van der Waals surface area contributed by atoms with Crippen molar-refractivity contribution in [1.29, 1.82) is 0 Å². The van der Waals surface area contributed by atoms with Gasteiger partial charge in [0.15, 0.2) is 0 Å². The summed E-state index contributed by atoms with van der Waals surface area (Å²) in [4.78, 5) is 0. The molecule has 0 radical (unpaired) electrons. The fourth-order valence-corrected chi connectivity index (χ4v) is 2.64. The molecule has 0 fully saturated rings. The van der Waals surface area contributed by atoms with Gasteiger partial charge in [-0.25, -0.2) is 0 Å². The zero-order chi connectivity index (χ0) is 15.4. The number of aliphatic hydroxyl groups excluding tert-OH is 1. The van der Waals surface area contributed by atoms with Gasteiger partial charge in [0.2, 0.25) is 0 Å². The van der Waals surface area contributed by atoms with Crippen molar-refractivity contribution in [2.75, 3.05) is 7.11 Å². The van der Waals surface area contributed by atoms with Gasteiger partial charge in [0.05, 0.1) is 18.9 Å². The SMILES string of the molecule is CCC(O)c1c(C)nn(CCc2ccc(OC)cc2)c1C. The van der Waals surface area contributed by atoms with Gasteiger partial charge in [0.1, 0.15) is 5.75 Å². The number of aryl methyl sites for hydroxylation is 3. The minimum atomic E-state index is -0.417. The fraction of sp³-hybridized carbons (Fsp3) is 0.471. The second kappa shape index (κ2) is 6.76. The molecule has 1 heterocycles. The number of aliphatic hydroxyl groups is 1. The van der Waals surface area contributed by atoms with Gasteiger partial charge in [-0.1, -0.05) is 19.1 Å². The maximum Gasteiger partial charge on any atom is 0.118 e. The Morgan fingerprint density at radius 1 is 1.24 bits per heavy atom. The third-order valence-corrected chi connectivity index (χ3v) is 3.93. The maximum absolute atomic E-state index is 10.1. The summed E-state index contributed by atoms with van der Waals surface area (Å²) in [6, 6.07) is 8.10. The highest BCUT2D eigenvalue weighted by Gasteiger charge is 2.17. The normalized spacial score (nSPS) is 12.4. The Labute approximate surface area is 126 Å². The lowest BCUT2D eigenvalue weighted by atomic mass is 10.1. The van der Waals surface area contributed by atoms with Crippen molar-refractivity contribution >= 4 is 0 Å². The highest BCUT2D eigenvalue weighted by Crippen LogP contribution is 2.24. The Bertz CT molecular complexity index is 588. The smallest absolute Gasteiger partial charge is 0.118 e. The van der Waals surface area contributed by atoms with E-state index in [0.29, 0.717) is 6.42 Å². The van der Waals surface area contributed by atoms with E-state index >= 15 is 0 Å². The molecule has 1 N–H and O–H groups in total. The van der Waals surface area contributed by atoms with Crippen molar-refractivity contribution < 1.29 is 9.84 Å². The number of hydrogen-bond donors (Lipinski definition) is 1. The summed E-state index contributed by atoms with van der Waals surface area (Å²) in [5.74, 6) is 0.873. The van der Waals surface area contributed by atoms with E-state index in [4.69, 9.17) is 4.74 Å². The number of methoxy groups -OCH3 is 1.